The molecule has 0 aromatic heterocycles. The van der Waals surface area contributed by atoms with Gasteiger partial charge in [-0.25, -0.2) is 13.2 Å². The standard InChI is InChI=1S/C16H10N2O4S/c1-22-16(19)13-7-2-3-8-14(13)23(20,21)15-11(9-17)5-4-6-12(15)10-18/h2-8H,1H3. The van der Waals surface area contributed by atoms with Gasteiger partial charge in [0.1, 0.15) is 17.0 Å². The van der Waals surface area contributed by atoms with Gasteiger partial charge in [-0.15, -0.1) is 0 Å². The van der Waals surface area contributed by atoms with Crippen LogP contribution < -0.4 is 0 Å². The maximum atomic E-state index is 12.9. The first-order valence-electron chi connectivity index (χ1n) is 6.33. The Balaban J connectivity index is 2.85. The molecule has 0 atom stereocenters. The van der Waals surface area contributed by atoms with Crippen molar-refractivity contribution in [3.05, 3.63) is 59.2 Å². The summed E-state index contributed by atoms with van der Waals surface area (Å²) < 4.78 is 30.4. The molecule has 2 rings (SSSR count). The highest BCUT2D eigenvalue weighted by Crippen LogP contribution is 2.29. The highest BCUT2D eigenvalue weighted by molar-refractivity contribution is 7.91. The fourth-order valence-corrected chi connectivity index (χ4v) is 3.82. The molecule has 0 saturated heterocycles. The number of rotatable bonds is 3. The zero-order valence-corrected chi connectivity index (χ0v) is 12.8. The molecule has 0 N–H and O–H groups in total. The molecule has 6 nitrogen and oxygen atoms in total. The molecular weight excluding hydrogens is 316 g/mol. The number of carbonyl (C=O) groups is 1. The van der Waals surface area contributed by atoms with Crippen molar-refractivity contribution in [3.8, 4) is 12.1 Å². The predicted molar refractivity (Wildman–Crippen MR) is 79.1 cm³/mol. The Labute approximate surface area is 133 Å². The van der Waals surface area contributed by atoms with Gasteiger partial charge in [-0.3, -0.25) is 0 Å². The lowest BCUT2D eigenvalue weighted by Crippen LogP contribution is -2.13. The fourth-order valence-electron chi connectivity index (χ4n) is 2.09. The quantitative estimate of drug-likeness (QED) is 0.799. The molecular formula is C16H10N2O4S. The minimum Gasteiger partial charge on any atom is -0.465 e. The van der Waals surface area contributed by atoms with Crippen molar-refractivity contribution < 1.29 is 17.9 Å². The van der Waals surface area contributed by atoms with Crippen LogP contribution in [0.25, 0.3) is 0 Å². The van der Waals surface area contributed by atoms with Crippen LogP contribution in [0.15, 0.2) is 52.3 Å². The SMILES string of the molecule is COC(=O)c1ccccc1S(=O)(=O)c1c(C#N)cccc1C#N. The lowest BCUT2D eigenvalue weighted by Gasteiger charge is -2.11. The van der Waals surface area contributed by atoms with Crippen LogP contribution in [0.3, 0.4) is 0 Å². The summed E-state index contributed by atoms with van der Waals surface area (Å²) in [6.45, 7) is 0. The van der Waals surface area contributed by atoms with Crippen LogP contribution in [0.2, 0.25) is 0 Å². The van der Waals surface area contributed by atoms with Crippen molar-refractivity contribution in [1.82, 2.24) is 0 Å². The van der Waals surface area contributed by atoms with Gasteiger partial charge in [-0.05, 0) is 24.3 Å². The van der Waals surface area contributed by atoms with E-state index in [9.17, 15) is 13.2 Å². The third-order valence-electron chi connectivity index (χ3n) is 3.11. The van der Waals surface area contributed by atoms with E-state index in [4.69, 9.17) is 10.5 Å². The highest BCUT2D eigenvalue weighted by atomic mass is 32.2. The number of benzene rings is 2. The summed E-state index contributed by atoms with van der Waals surface area (Å²) in [5.74, 6) is -0.822. The van der Waals surface area contributed by atoms with Gasteiger partial charge in [0.15, 0.2) is 0 Å². The summed E-state index contributed by atoms with van der Waals surface area (Å²) in [5, 5.41) is 18.3. The van der Waals surface area contributed by atoms with Crippen LogP contribution in [0.4, 0.5) is 0 Å². The molecule has 0 aliphatic heterocycles. The average molecular weight is 326 g/mol. The molecule has 0 radical (unpaired) electrons. The van der Waals surface area contributed by atoms with Crippen molar-refractivity contribution in [1.29, 1.82) is 10.5 Å². The number of nitriles is 2. The molecule has 114 valence electrons. The van der Waals surface area contributed by atoms with Crippen molar-refractivity contribution in [2.75, 3.05) is 7.11 Å². The summed E-state index contributed by atoms with van der Waals surface area (Å²) in [7, 11) is -3.12. The highest BCUT2D eigenvalue weighted by Gasteiger charge is 2.29. The van der Waals surface area contributed by atoms with Gasteiger partial charge in [-0.1, -0.05) is 18.2 Å². The molecule has 0 heterocycles. The Kier molecular flexibility index (Phi) is 4.44. The molecule has 2 aromatic rings. The van der Waals surface area contributed by atoms with Crippen molar-refractivity contribution in [2.24, 2.45) is 0 Å². The van der Waals surface area contributed by atoms with E-state index in [0.29, 0.717) is 0 Å². The smallest absolute Gasteiger partial charge is 0.339 e. The number of ether oxygens (including phenoxy) is 1. The van der Waals surface area contributed by atoms with Gasteiger partial charge >= 0.3 is 5.97 Å². The first-order chi connectivity index (χ1) is 11.0. The van der Waals surface area contributed by atoms with Crippen molar-refractivity contribution in [2.45, 2.75) is 9.79 Å². The van der Waals surface area contributed by atoms with E-state index < -0.39 is 20.7 Å². The maximum absolute atomic E-state index is 12.9. The number of carbonyl (C=O) groups excluding carboxylic acids is 1. The largest absolute Gasteiger partial charge is 0.465 e. The molecule has 0 amide bonds. The minimum absolute atomic E-state index is 0.161. The van der Waals surface area contributed by atoms with Crippen molar-refractivity contribution >= 4 is 15.8 Å². The Morgan fingerprint density at radius 1 is 1.00 bits per heavy atom. The van der Waals surface area contributed by atoms with Crippen molar-refractivity contribution in [3.63, 3.8) is 0 Å². The number of hydrogen-bond acceptors (Lipinski definition) is 6. The number of sulfone groups is 1. The zero-order valence-electron chi connectivity index (χ0n) is 12.0. The lowest BCUT2D eigenvalue weighted by molar-refractivity contribution is 0.0596. The molecule has 0 fully saturated rings. The normalized spacial score (nSPS) is 10.4. The summed E-state index contributed by atoms with van der Waals surface area (Å²) in [6, 6.07) is 13.0. The average Bonchev–Trinajstić information content (AvgIpc) is 2.60. The summed E-state index contributed by atoms with van der Waals surface area (Å²) in [6.07, 6.45) is 0. The number of hydrogen-bond donors (Lipinski definition) is 0. The maximum Gasteiger partial charge on any atom is 0.339 e. The second-order valence-electron chi connectivity index (χ2n) is 4.40. The number of methoxy groups -OCH3 is 1. The van der Waals surface area contributed by atoms with Gasteiger partial charge < -0.3 is 4.74 Å². The lowest BCUT2D eigenvalue weighted by atomic mass is 10.1. The monoisotopic (exact) mass is 326 g/mol. The topological polar surface area (TPSA) is 108 Å². The van der Waals surface area contributed by atoms with Gasteiger partial charge in [0.25, 0.3) is 0 Å². The van der Waals surface area contributed by atoms with Gasteiger partial charge in [0.05, 0.1) is 28.7 Å². The van der Waals surface area contributed by atoms with E-state index in [1.54, 1.807) is 12.1 Å². The summed E-state index contributed by atoms with van der Waals surface area (Å²) in [5.41, 5.74) is -0.487. The molecule has 0 aliphatic rings. The van der Waals surface area contributed by atoms with Crippen LogP contribution in [-0.2, 0) is 14.6 Å². The minimum atomic E-state index is -4.26. The first-order valence-corrected chi connectivity index (χ1v) is 7.81. The van der Waals surface area contributed by atoms with Crippen LogP contribution in [-0.4, -0.2) is 21.5 Å². The molecule has 7 heteroatoms. The molecule has 2 aromatic carbocycles. The van der Waals surface area contributed by atoms with Gasteiger partial charge in [0.2, 0.25) is 9.84 Å². The Hall–Kier alpha value is -3.16. The van der Waals surface area contributed by atoms with Crippen LogP contribution in [0.5, 0.6) is 0 Å². The first kappa shape index (κ1) is 16.2. The Bertz CT molecular complexity index is 934. The zero-order chi connectivity index (χ0) is 17.0. The molecule has 23 heavy (non-hydrogen) atoms. The van der Waals surface area contributed by atoms with E-state index in [-0.39, 0.29) is 21.6 Å². The van der Waals surface area contributed by atoms with Gasteiger partial charge in [-0.2, -0.15) is 10.5 Å². The second kappa shape index (κ2) is 6.30. The molecule has 0 saturated carbocycles. The Morgan fingerprint density at radius 3 is 2.09 bits per heavy atom. The predicted octanol–water partition coefficient (Wildman–Crippen LogP) is 2.05. The van der Waals surface area contributed by atoms with Crippen LogP contribution >= 0.6 is 0 Å². The van der Waals surface area contributed by atoms with Crippen LogP contribution in [0, 0.1) is 22.7 Å². The van der Waals surface area contributed by atoms with E-state index in [1.165, 1.54) is 42.5 Å². The van der Waals surface area contributed by atoms with E-state index in [1.807, 2.05) is 0 Å². The third kappa shape index (κ3) is 2.78. The molecule has 0 unspecified atom stereocenters. The number of nitrogens with zero attached hydrogens (tertiary/aromatic N) is 2. The molecule has 0 aliphatic carbocycles. The number of esters is 1. The summed E-state index contributed by atoms with van der Waals surface area (Å²) >= 11 is 0. The third-order valence-corrected chi connectivity index (χ3v) is 5.02. The molecule has 0 bridgehead atoms. The van der Waals surface area contributed by atoms with Crippen LogP contribution in [0.1, 0.15) is 21.5 Å². The van der Waals surface area contributed by atoms with Gasteiger partial charge in [0, 0.05) is 0 Å². The summed E-state index contributed by atoms with van der Waals surface area (Å²) in [4.78, 5) is 11.1. The fraction of sp³-hybridized carbons (Fsp3) is 0.0625. The second-order valence-corrected chi connectivity index (χ2v) is 6.25. The van der Waals surface area contributed by atoms with E-state index in [0.717, 1.165) is 7.11 Å². The Morgan fingerprint density at radius 2 is 1.57 bits per heavy atom. The molecule has 0 spiro atoms. The van der Waals surface area contributed by atoms with E-state index >= 15 is 0 Å². The van der Waals surface area contributed by atoms with E-state index in [2.05, 4.69) is 4.74 Å².